The summed E-state index contributed by atoms with van der Waals surface area (Å²) in [5.41, 5.74) is 1.11. The molecule has 0 aliphatic rings. The quantitative estimate of drug-likeness (QED) is 0.741. The van der Waals surface area contributed by atoms with Crippen LogP contribution in [0.1, 0.15) is 45.2 Å². The Morgan fingerprint density at radius 1 is 1.30 bits per heavy atom. The Labute approximate surface area is 127 Å². The summed E-state index contributed by atoms with van der Waals surface area (Å²) >= 11 is 6.11. The fraction of sp³-hybridized carbons (Fsp3) is 0.625. The van der Waals surface area contributed by atoms with E-state index in [1.54, 1.807) is 7.11 Å². The average molecular weight is 300 g/mol. The molecule has 2 unspecified atom stereocenters. The summed E-state index contributed by atoms with van der Waals surface area (Å²) in [6.45, 7) is 8.03. The number of ether oxygens (including phenoxy) is 2. The normalized spacial score (nSPS) is 14.1. The van der Waals surface area contributed by atoms with E-state index < -0.39 is 0 Å². The standard InChI is InChI=1S/C16H26ClNO2/c1-5-9-18-13(3)15-11-14(17)6-7-16(15)20-12(2)8-10-19-4/h6-7,11-13,18H,5,8-10H2,1-4H3. The minimum absolute atomic E-state index is 0.119. The summed E-state index contributed by atoms with van der Waals surface area (Å²) in [4.78, 5) is 0. The molecule has 0 fully saturated rings. The van der Waals surface area contributed by atoms with Crippen LogP contribution in [0.2, 0.25) is 5.02 Å². The lowest BCUT2D eigenvalue weighted by Crippen LogP contribution is -2.21. The lowest BCUT2D eigenvalue weighted by atomic mass is 10.1. The second kappa shape index (κ2) is 9.22. The smallest absolute Gasteiger partial charge is 0.124 e. The Kier molecular flexibility index (Phi) is 7.97. The summed E-state index contributed by atoms with van der Waals surface area (Å²) in [6.07, 6.45) is 2.09. The molecule has 4 heteroatoms. The third-order valence-electron chi connectivity index (χ3n) is 3.20. The molecule has 1 aromatic rings. The van der Waals surface area contributed by atoms with E-state index in [0.717, 1.165) is 35.7 Å². The maximum atomic E-state index is 6.11. The number of benzene rings is 1. The minimum atomic E-state index is 0.119. The predicted molar refractivity (Wildman–Crippen MR) is 84.7 cm³/mol. The molecule has 0 amide bonds. The van der Waals surface area contributed by atoms with E-state index in [9.17, 15) is 0 Å². The molecule has 0 heterocycles. The van der Waals surface area contributed by atoms with Gasteiger partial charge >= 0.3 is 0 Å². The Morgan fingerprint density at radius 2 is 2.05 bits per heavy atom. The van der Waals surface area contributed by atoms with Gasteiger partial charge in [-0.25, -0.2) is 0 Å². The first-order chi connectivity index (χ1) is 9.58. The zero-order valence-corrected chi connectivity index (χ0v) is 13.7. The van der Waals surface area contributed by atoms with Gasteiger partial charge in [-0.2, -0.15) is 0 Å². The first kappa shape index (κ1) is 17.3. The molecule has 0 aliphatic carbocycles. The maximum Gasteiger partial charge on any atom is 0.124 e. The maximum absolute atomic E-state index is 6.11. The van der Waals surface area contributed by atoms with Crippen LogP contribution >= 0.6 is 11.6 Å². The fourth-order valence-corrected chi connectivity index (χ4v) is 2.18. The van der Waals surface area contributed by atoms with Crippen molar-refractivity contribution in [3.63, 3.8) is 0 Å². The predicted octanol–water partition coefficient (Wildman–Crippen LogP) is 4.20. The van der Waals surface area contributed by atoms with E-state index >= 15 is 0 Å². The van der Waals surface area contributed by atoms with Gasteiger partial charge in [-0.05, 0) is 45.0 Å². The molecule has 114 valence electrons. The zero-order valence-electron chi connectivity index (χ0n) is 12.9. The number of hydrogen-bond donors (Lipinski definition) is 1. The molecular weight excluding hydrogens is 274 g/mol. The van der Waals surface area contributed by atoms with E-state index in [-0.39, 0.29) is 12.1 Å². The summed E-state index contributed by atoms with van der Waals surface area (Å²) in [7, 11) is 1.71. The van der Waals surface area contributed by atoms with Crippen LogP contribution in [0.25, 0.3) is 0 Å². The highest BCUT2D eigenvalue weighted by molar-refractivity contribution is 6.30. The molecule has 0 aromatic heterocycles. The second-order valence-electron chi connectivity index (χ2n) is 5.07. The molecule has 0 bridgehead atoms. The topological polar surface area (TPSA) is 30.5 Å². The summed E-state index contributed by atoms with van der Waals surface area (Å²) in [5.74, 6) is 0.897. The number of methoxy groups -OCH3 is 1. The van der Waals surface area contributed by atoms with E-state index in [1.165, 1.54) is 0 Å². The highest BCUT2D eigenvalue weighted by Crippen LogP contribution is 2.29. The van der Waals surface area contributed by atoms with Crippen LogP contribution in [0.4, 0.5) is 0 Å². The minimum Gasteiger partial charge on any atom is -0.490 e. The van der Waals surface area contributed by atoms with Gasteiger partial charge in [0.25, 0.3) is 0 Å². The van der Waals surface area contributed by atoms with Crippen LogP contribution in [0.15, 0.2) is 18.2 Å². The van der Waals surface area contributed by atoms with Crippen LogP contribution in [0, 0.1) is 0 Å². The summed E-state index contributed by atoms with van der Waals surface area (Å²) in [6, 6.07) is 6.02. The molecule has 0 aliphatic heterocycles. The molecule has 3 nitrogen and oxygen atoms in total. The molecule has 0 spiro atoms. The molecule has 1 N–H and O–H groups in total. The third kappa shape index (κ3) is 5.70. The first-order valence-electron chi connectivity index (χ1n) is 7.26. The third-order valence-corrected chi connectivity index (χ3v) is 3.43. The zero-order chi connectivity index (χ0) is 15.0. The van der Waals surface area contributed by atoms with Crippen molar-refractivity contribution < 1.29 is 9.47 Å². The van der Waals surface area contributed by atoms with Crippen molar-refractivity contribution in [1.29, 1.82) is 0 Å². The molecule has 0 radical (unpaired) electrons. The van der Waals surface area contributed by atoms with Gasteiger partial charge in [-0.15, -0.1) is 0 Å². The van der Waals surface area contributed by atoms with Crippen molar-refractivity contribution in [3.05, 3.63) is 28.8 Å². The van der Waals surface area contributed by atoms with Gasteiger partial charge in [-0.1, -0.05) is 18.5 Å². The lowest BCUT2D eigenvalue weighted by Gasteiger charge is -2.21. The van der Waals surface area contributed by atoms with Crippen molar-refractivity contribution in [3.8, 4) is 5.75 Å². The number of rotatable bonds is 9. The van der Waals surface area contributed by atoms with E-state index in [2.05, 4.69) is 26.1 Å². The number of hydrogen-bond acceptors (Lipinski definition) is 3. The highest BCUT2D eigenvalue weighted by Gasteiger charge is 2.14. The molecule has 0 saturated heterocycles. The van der Waals surface area contributed by atoms with Crippen molar-refractivity contribution >= 4 is 11.6 Å². The molecule has 2 atom stereocenters. The largest absolute Gasteiger partial charge is 0.490 e. The van der Waals surface area contributed by atoms with Gasteiger partial charge in [-0.3, -0.25) is 0 Å². The van der Waals surface area contributed by atoms with Crippen molar-refractivity contribution in [2.45, 2.75) is 45.8 Å². The Balaban J connectivity index is 2.78. The number of halogens is 1. The molecule has 0 saturated carbocycles. The van der Waals surface area contributed by atoms with E-state index in [4.69, 9.17) is 21.1 Å². The van der Waals surface area contributed by atoms with Crippen molar-refractivity contribution in [1.82, 2.24) is 5.32 Å². The van der Waals surface area contributed by atoms with Crippen molar-refractivity contribution in [2.24, 2.45) is 0 Å². The molecule has 1 aromatic carbocycles. The van der Waals surface area contributed by atoms with Gasteiger partial charge in [0, 0.05) is 36.8 Å². The monoisotopic (exact) mass is 299 g/mol. The van der Waals surface area contributed by atoms with Gasteiger partial charge in [0.15, 0.2) is 0 Å². The Bertz CT molecular complexity index is 398. The van der Waals surface area contributed by atoms with E-state index in [1.807, 2.05) is 18.2 Å². The Morgan fingerprint density at radius 3 is 2.70 bits per heavy atom. The first-order valence-corrected chi connectivity index (χ1v) is 7.64. The van der Waals surface area contributed by atoms with Gasteiger partial charge in [0.05, 0.1) is 6.10 Å². The molecule has 20 heavy (non-hydrogen) atoms. The van der Waals surface area contributed by atoms with Crippen LogP contribution in [-0.4, -0.2) is 26.4 Å². The van der Waals surface area contributed by atoms with Gasteiger partial charge in [0.2, 0.25) is 0 Å². The average Bonchev–Trinajstić information content (AvgIpc) is 2.44. The van der Waals surface area contributed by atoms with Crippen LogP contribution in [0.3, 0.4) is 0 Å². The second-order valence-corrected chi connectivity index (χ2v) is 5.50. The Hall–Kier alpha value is -0.770. The lowest BCUT2D eigenvalue weighted by molar-refractivity contribution is 0.134. The summed E-state index contributed by atoms with van der Waals surface area (Å²) in [5, 5.41) is 4.21. The molecular formula is C16H26ClNO2. The molecule has 1 rings (SSSR count). The van der Waals surface area contributed by atoms with Crippen LogP contribution in [-0.2, 0) is 4.74 Å². The SMILES string of the molecule is CCCNC(C)c1cc(Cl)ccc1OC(C)CCOC. The number of nitrogens with one attached hydrogen (secondary N) is 1. The van der Waals surface area contributed by atoms with Crippen molar-refractivity contribution in [2.75, 3.05) is 20.3 Å². The van der Waals surface area contributed by atoms with Gasteiger partial charge < -0.3 is 14.8 Å². The van der Waals surface area contributed by atoms with E-state index in [0.29, 0.717) is 6.61 Å². The van der Waals surface area contributed by atoms with Crippen LogP contribution in [0.5, 0.6) is 5.75 Å². The summed E-state index contributed by atoms with van der Waals surface area (Å²) < 4.78 is 11.1. The fourth-order valence-electron chi connectivity index (χ4n) is 2.00. The van der Waals surface area contributed by atoms with Crippen LogP contribution < -0.4 is 10.1 Å². The van der Waals surface area contributed by atoms with Gasteiger partial charge in [0.1, 0.15) is 5.75 Å². The highest BCUT2D eigenvalue weighted by atomic mass is 35.5.